The number of rotatable bonds is 13. The SMILES string of the molecule is CCCCCCCC1CCC(C2CCC3(CC2)C(=O)C2(CCC(CCCCCCC)CC2)C3=O)CC1. The zero-order chi connectivity index (χ0) is 25.4. The molecule has 4 saturated carbocycles. The largest absolute Gasteiger partial charge is 0.297 e. The van der Waals surface area contributed by atoms with Gasteiger partial charge in [-0.05, 0) is 87.9 Å². The van der Waals surface area contributed by atoms with E-state index in [1.807, 2.05) is 0 Å². The summed E-state index contributed by atoms with van der Waals surface area (Å²) in [6.45, 7) is 4.57. The number of ketones is 2. The number of unbranched alkanes of at least 4 members (excludes halogenated alkanes) is 8. The van der Waals surface area contributed by atoms with Crippen LogP contribution in [0.5, 0.6) is 0 Å². The minimum atomic E-state index is -0.542. The van der Waals surface area contributed by atoms with E-state index >= 15 is 0 Å². The molecule has 36 heavy (non-hydrogen) atoms. The Kier molecular flexibility index (Phi) is 10.6. The van der Waals surface area contributed by atoms with Crippen LogP contribution in [0.4, 0.5) is 0 Å². The van der Waals surface area contributed by atoms with Crippen LogP contribution in [0.2, 0.25) is 0 Å². The first kappa shape index (κ1) is 28.4. The molecule has 0 saturated heterocycles. The highest BCUT2D eigenvalue weighted by atomic mass is 16.2. The van der Waals surface area contributed by atoms with Crippen molar-refractivity contribution in [2.24, 2.45) is 34.5 Å². The smallest absolute Gasteiger partial charge is 0.159 e. The molecule has 2 spiro atoms. The second-order valence-corrected chi connectivity index (χ2v) is 13.8. The van der Waals surface area contributed by atoms with E-state index in [0.29, 0.717) is 11.6 Å². The molecule has 0 radical (unpaired) electrons. The molecule has 2 nitrogen and oxygen atoms in total. The fraction of sp³-hybridized carbons (Fsp3) is 0.941. The molecule has 0 atom stereocenters. The molecular weight excluding hydrogens is 440 g/mol. The van der Waals surface area contributed by atoms with Crippen molar-refractivity contribution < 1.29 is 9.59 Å². The maximum atomic E-state index is 13.6. The molecule has 0 heterocycles. The molecule has 4 aliphatic rings. The predicted octanol–water partition coefficient (Wildman–Crippen LogP) is 10.0. The van der Waals surface area contributed by atoms with Gasteiger partial charge >= 0.3 is 0 Å². The first-order chi connectivity index (χ1) is 17.6. The highest BCUT2D eigenvalue weighted by Crippen LogP contribution is 2.62. The summed E-state index contributed by atoms with van der Waals surface area (Å²) in [4.78, 5) is 27.3. The average molecular weight is 499 g/mol. The van der Waals surface area contributed by atoms with Gasteiger partial charge in [-0.25, -0.2) is 0 Å². The molecule has 0 bridgehead atoms. The molecule has 0 aromatic heterocycles. The zero-order valence-corrected chi connectivity index (χ0v) is 24.1. The van der Waals surface area contributed by atoms with Crippen molar-refractivity contribution in [3.63, 3.8) is 0 Å². The lowest BCUT2D eigenvalue weighted by molar-refractivity contribution is -0.179. The van der Waals surface area contributed by atoms with Crippen molar-refractivity contribution >= 4 is 11.6 Å². The van der Waals surface area contributed by atoms with Gasteiger partial charge < -0.3 is 0 Å². The maximum absolute atomic E-state index is 13.6. The second kappa shape index (κ2) is 13.4. The van der Waals surface area contributed by atoms with E-state index in [1.165, 1.54) is 103 Å². The number of carbonyl (C=O) groups excluding carboxylic acids is 2. The van der Waals surface area contributed by atoms with Crippen LogP contribution in [0.25, 0.3) is 0 Å². The number of hydrogen-bond acceptors (Lipinski definition) is 2. The van der Waals surface area contributed by atoms with E-state index in [9.17, 15) is 9.59 Å². The summed E-state index contributed by atoms with van der Waals surface area (Å²) in [7, 11) is 0. The van der Waals surface area contributed by atoms with Gasteiger partial charge in [0.2, 0.25) is 0 Å². The van der Waals surface area contributed by atoms with Gasteiger partial charge in [-0.1, -0.05) is 104 Å². The summed E-state index contributed by atoms with van der Waals surface area (Å²) in [5.74, 6) is 4.17. The van der Waals surface area contributed by atoms with Crippen molar-refractivity contribution in [3.05, 3.63) is 0 Å². The van der Waals surface area contributed by atoms with Gasteiger partial charge in [-0.3, -0.25) is 9.59 Å². The van der Waals surface area contributed by atoms with Gasteiger partial charge in [0, 0.05) is 0 Å². The van der Waals surface area contributed by atoms with E-state index in [-0.39, 0.29) is 0 Å². The van der Waals surface area contributed by atoms with Crippen molar-refractivity contribution in [1.29, 1.82) is 0 Å². The van der Waals surface area contributed by atoms with E-state index in [1.54, 1.807) is 0 Å². The summed E-state index contributed by atoms with van der Waals surface area (Å²) in [5, 5.41) is 0. The first-order valence-electron chi connectivity index (χ1n) is 16.7. The van der Waals surface area contributed by atoms with Crippen molar-refractivity contribution in [2.75, 3.05) is 0 Å². The zero-order valence-electron chi connectivity index (χ0n) is 24.1. The van der Waals surface area contributed by atoms with Crippen molar-refractivity contribution in [3.8, 4) is 0 Å². The summed E-state index contributed by atoms with van der Waals surface area (Å²) in [5.41, 5.74) is -1.08. The Labute approximate surface area is 223 Å². The predicted molar refractivity (Wildman–Crippen MR) is 151 cm³/mol. The molecular formula is C34H58O2. The molecule has 0 N–H and O–H groups in total. The summed E-state index contributed by atoms with van der Waals surface area (Å²) in [6, 6.07) is 0. The monoisotopic (exact) mass is 498 g/mol. The molecule has 0 aliphatic heterocycles. The molecule has 206 valence electrons. The molecule has 0 aromatic carbocycles. The standard InChI is InChI=1S/C34H58O2/c1-3-5-7-9-11-13-27-15-17-29(18-16-27)30-21-25-34(26-22-30)31(35)33(32(34)36)23-19-28(20-24-33)14-12-10-8-6-4-2/h27-30H,3-26H2,1-2H3. The normalized spacial score (nSPS) is 36.9. The fourth-order valence-corrected chi connectivity index (χ4v) is 9.05. The highest BCUT2D eigenvalue weighted by Gasteiger charge is 2.70. The van der Waals surface area contributed by atoms with Crippen LogP contribution < -0.4 is 0 Å². The Morgan fingerprint density at radius 3 is 1.36 bits per heavy atom. The minimum Gasteiger partial charge on any atom is -0.297 e. The van der Waals surface area contributed by atoms with E-state index in [4.69, 9.17) is 0 Å². The van der Waals surface area contributed by atoms with Crippen LogP contribution in [0, 0.1) is 34.5 Å². The van der Waals surface area contributed by atoms with Crippen LogP contribution in [-0.2, 0) is 9.59 Å². The van der Waals surface area contributed by atoms with Gasteiger partial charge in [-0.15, -0.1) is 0 Å². The van der Waals surface area contributed by atoms with Crippen LogP contribution in [0.3, 0.4) is 0 Å². The van der Waals surface area contributed by atoms with Gasteiger partial charge in [0.1, 0.15) is 0 Å². The van der Waals surface area contributed by atoms with Crippen LogP contribution in [-0.4, -0.2) is 11.6 Å². The lowest BCUT2D eigenvalue weighted by Crippen LogP contribution is -2.68. The van der Waals surface area contributed by atoms with Crippen LogP contribution in [0.1, 0.15) is 168 Å². The lowest BCUT2D eigenvalue weighted by atomic mass is 9.42. The number of carbonyl (C=O) groups is 2. The first-order valence-corrected chi connectivity index (χ1v) is 16.7. The lowest BCUT2D eigenvalue weighted by Gasteiger charge is -2.57. The molecule has 0 unspecified atom stereocenters. The van der Waals surface area contributed by atoms with Crippen LogP contribution >= 0.6 is 0 Å². The van der Waals surface area contributed by atoms with Crippen LogP contribution in [0.15, 0.2) is 0 Å². The van der Waals surface area contributed by atoms with Crippen molar-refractivity contribution in [1.82, 2.24) is 0 Å². The topological polar surface area (TPSA) is 34.1 Å². The van der Waals surface area contributed by atoms with Crippen molar-refractivity contribution in [2.45, 2.75) is 168 Å². The maximum Gasteiger partial charge on any atom is 0.159 e. The molecule has 4 aliphatic carbocycles. The summed E-state index contributed by atoms with van der Waals surface area (Å²) in [6.07, 6.45) is 30.2. The van der Waals surface area contributed by atoms with E-state index < -0.39 is 10.8 Å². The van der Waals surface area contributed by atoms with Gasteiger partial charge in [-0.2, -0.15) is 0 Å². The third-order valence-electron chi connectivity index (χ3n) is 11.6. The van der Waals surface area contributed by atoms with E-state index in [0.717, 1.165) is 75.0 Å². The second-order valence-electron chi connectivity index (χ2n) is 13.8. The third-order valence-corrected chi connectivity index (χ3v) is 11.6. The highest BCUT2D eigenvalue weighted by molar-refractivity contribution is 6.30. The quantitative estimate of drug-likeness (QED) is 0.187. The number of Topliss-reactive ketones (excluding diaryl/α,β-unsaturated/α-hetero) is 2. The Balaban J connectivity index is 1.16. The fourth-order valence-electron chi connectivity index (χ4n) is 9.05. The molecule has 4 fully saturated rings. The Morgan fingerprint density at radius 2 is 0.889 bits per heavy atom. The molecule has 0 aromatic rings. The average Bonchev–Trinajstić information content (AvgIpc) is 2.93. The van der Waals surface area contributed by atoms with Gasteiger partial charge in [0.05, 0.1) is 10.8 Å². The number of hydrogen-bond donors (Lipinski definition) is 0. The summed E-state index contributed by atoms with van der Waals surface area (Å²) >= 11 is 0. The third kappa shape index (κ3) is 6.14. The minimum absolute atomic E-state index is 0.395. The van der Waals surface area contributed by atoms with E-state index in [2.05, 4.69) is 13.8 Å². The molecule has 4 rings (SSSR count). The summed E-state index contributed by atoms with van der Waals surface area (Å²) < 4.78 is 0. The Bertz CT molecular complexity index is 664. The molecule has 0 amide bonds. The Morgan fingerprint density at radius 1 is 0.500 bits per heavy atom. The molecule has 2 heteroatoms. The Hall–Kier alpha value is -0.660. The van der Waals surface area contributed by atoms with Gasteiger partial charge in [0.25, 0.3) is 0 Å². The van der Waals surface area contributed by atoms with Gasteiger partial charge in [0.15, 0.2) is 11.6 Å².